The fourth-order valence-electron chi connectivity index (χ4n) is 5.39. The third-order valence-electron chi connectivity index (χ3n) is 8.69. The first kappa shape index (κ1) is 48.7. The van der Waals surface area contributed by atoms with Gasteiger partial charge in [0.2, 0.25) is 5.91 Å². The van der Waals surface area contributed by atoms with Crippen molar-refractivity contribution in [2.24, 2.45) is 0 Å². The predicted octanol–water partition coefficient (Wildman–Crippen LogP) is 8.69. The summed E-state index contributed by atoms with van der Waals surface area (Å²) >= 11 is 0. The SMILES string of the molecule is CCCC/C=C\C/C=C\CCCCCCCC(=O)NC(COP(=O)([O-])OCC[N+](C)(C)C)C(O)C(O)CCC/C=C/CCCCCCCCC. The van der Waals surface area contributed by atoms with Crippen molar-refractivity contribution in [2.75, 3.05) is 40.9 Å². The Morgan fingerprint density at radius 2 is 1.22 bits per heavy atom. The van der Waals surface area contributed by atoms with Crippen molar-refractivity contribution in [1.29, 1.82) is 0 Å². The van der Waals surface area contributed by atoms with Crippen molar-refractivity contribution >= 4 is 13.7 Å². The van der Waals surface area contributed by atoms with Crippen molar-refractivity contribution in [3.8, 4) is 0 Å². The number of allylic oxidation sites excluding steroid dienone is 6. The minimum absolute atomic E-state index is 0.0499. The second-order valence-corrected chi connectivity index (χ2v) is 16.2. The zero-order valence-corrected chi connectivity index (χ0v) is 33.6. The van der Waals surface area contributed by atoms with Crippen LogP contribution in [0.5, 0.6) is 0 Å². The number of rotatable bonds is 35. The van der Waals surface area contributed by atoms with Crippen LogP contribution >= 0.6 is 7.82 Å². The summed E-state index contributed by atoms with van der Waals surface area (Å²) in [5, 5.41) is 24.5. The van der Waals surface area contributed by atoms with Crippen LogP contribution in [0.25, 0.3) is 0 Å². The van der Waals surface area contributed by atoms with Crippen molar-refractivity contribution in [1.82, 2.24) is 5.32 Å². The molecule has 0 fully saturated rings. The Bertz CT molecular complexity index is 935. The van der Waals surface area contributed by atoms with E-state index in [9.17, 15) is 24.5 Å². The number of nitrogens with one attached hydrogen (secondary N) is 1. The molecular weight excluding hydrogens is 651 g/mol. The van der Waals surface area contributed by atoms with E-state index in [0.29, 0.717) is 30.3 Å². The molecule has 0 saturated heterocycles. The molecule has 0 rings (SSSR count). The van der Waals surface area contributed by atoms with Gasteiger partial charge >= 0.3 is 0 Å². The van der Waals surface area contributed by atoms with Crippen LogP contribution in [0, 0.1) is 0 Å². The van der Waals surface area contributed by atoms with Gasteiger partial charge in [-0.2, -0.15) is 0 Å². The van der Waals surface area contributed by atoms with Gasteiger partial charge in [0.1, 0.15) is 19.3 Å². The van der Waals surface area contributed by atoms with E-state index in [1.165, 1.54) is 57.8 Å². The van der Waals surface area contributed by atoms with Crippen LogP contribution in [0.1, 0.15) is 155 Å². The van der Waals surface area contributed by atoms with Crippen LogP contribution in [-0.4, -0.2) is 79.8 Å². The molecule has 1 amide bonds. The molecule has 50 heavy (non-hydrogen) atoms. The molecule has 0 radical (unpaired) electrons. The van der Waals surface area contributed by atoms with Crippen molar-refractivity contribution in [3.63, 3.8) is 0 Å². The van der Waals surface area contributed by atoms with Gasteiger partial charge in [0.15, 0.2) is 0 Å². The Balaban J connectivity index is 4.67. The lowest BCUT2D eigenvalue weighted by atomic mass is 10.0. The molecule has 10 heteroatoms. The summed E-state index contributed by atoms with van der Waals surface area (Å²) < 4.78 is 23.0. The summed E-state index contributed by atoms with van der Waals surface area (Å²) in [5.41, 5.74) is 0. The van der Waals surface area contributed by atoms with Crippen molar-refractivity contribution < 1.29 is 38.0 Å². The molecule has 0 aromatic carbocycles. The van der Waals surface area contributed by atoms with Crippen molar-refractivity contribution in [3.05, 3.63) is 36.5 Å². The van der Waals surface area contributed by atoms with E-state index in [2.05, 4.69) is 55.6 Å². The van der Waals surface area contributed by atoms with E-state index in [0.717, 1.165) is 57.8 Å². The topological polar surface area (TPSA) is 128 Å². The highest BCUT2D eigenvalue weighted by molar-refractivity contribution is 7.45. The van der Waals surface area contributed by atoms with Gasteiger partial charge in [-0.3, -0.25) is 9.36 Å². The minimum Gasteiger partial charge on any atom is -0.756 e. The fourth-order valence-corrected chi connectivity index (χ4v) is 6.11. The molecule has 4 unspecified atom stereocenters. The highest BCUT2D eigenvalue weighted by atomic mass is 31.2. The fraction of sp³-hybridized carbons (Fsp3) is 0.825. The van der Waals surface area contributed by atoms with Gasteiger partial charge in [-0.25, -0.2) is 0 Å². The first-order valence-electron chi connectivity index (χ1n) is 19.9. The van der Waals surface area contributed by atoms with E-state index < -0.39 is 32.7 Å². The maximum absolute atomic E-state index is 12.8. The average Bonchev–Trinajstić information content (AvgIpc) is 3.06. The number of likely N-dealkylation sites (N-methyl/N-ethyl adjacent to an activating group) is 1. The molecule has 0 aliphatic rings. The lowest BCUT2D eigenvalue weighted by Gasteiger charge is -2.31. The number of aliphatic hydroxyl groups is 2. The molecule has 0 aliphatic heterocycles. The molecule has 0 bridgehead atoms. The largest absolute Gasteiger partial charge is 0.756 e. The highest BCUT2D eigenvalue weighted by Crippen LogP contribution is 2.38. The third-order valence-corrected chi connectivity index (χ3v) is 9.66. The summed E-state index contributed by atoms with van der Waals surface area (Å²) in [6.07, 6.45) is 33.2. The van der Waals surface area contributed by atoms with Gasteiger partial charge in [0.25, 0.3) is 7.82 Å². The number of carbonyl (C=O) groups excluding carboxylic acids is 1. The number of amides is 1. The van der Waals surface area contributed by atoms with E-state index in [4.69, 9.17) is 9.05 Å². The van der Waals surface area contributed by atoms with Crippen LogP contribution in [-0.2, 0) is 18.4 Å². The van der Waals surface area contributed by atoms with E-state index in [1.54, 1.807) is 0 Å². The Morgan fingerprint density at radius 3 is 1.80 bits per heavy atom. The van der Waals surface area contributed by atoms with Crippen LogP contribution in [0.3, 0.4) is 0 Å². The number of hydrogen-bond acceptors (Lipinski definition) is 7. The number of phosphoric acid groups is 1. The number of aliphatic hydroxyl groups excluding tert-OH is 2. The standard InChI is InChI=1S/C40H77N2O7P/c1-6-8-10-12-14-16-18-20-21-23-25-27-29-31-33-39(44)41-37(36-49-50(46,47)48-35-34-42(3,4)5)40(45)38(43)32-30-28-26-24-22-19-17-15-13-11-9-7-2/h12,14,18,20,24,26,37-38,40,43,45H,6-11,13,15-17,19,21-23,25,27-36H2,1-5H3,(H-,41,44,46,47)/b14-12-,20-18-,26-24+. The Morgan fingerprint density at radius 1 is 0.720 bits per heavy atom. The van der Waals surface area contributed by atoms with E-state index in [-0.39, 0.29) is 18.9 Å². The van der Waals surface area contributed by atoms with Gasteiger partial charge in [0, 0.05) is 6.42 Å². The molecule has 0 aliphatic carbocycles. The summed E-state index contributed by atoms with van der Waals surface area (Å²) in [4.78, 5) is 25.2. The van der Waals surface area contributed by atoms with Crippen LogP contribution in [0.4, 0.5) is 0 Å². The van der Waals surface area contributed by atoms with Gasteiger partial charge in [-0.1, -0.05) is 121 Å². The first-order chi connectivity index (χ1) is 23.9. The van der Waals surface area contributed by atoms with Crippen LogP contribution in [0.15, 0.2) is 36.5 Å². The smallest absolute Gasteiger partial charge is 0.268 e. The molecule has 0 aromatic rings. The highest BCUT2D eigenvalue weighted by Gasteiger charge is 2.29. The molecule has 0 aromatic heterocycles. The van der Waals surface area contributed by atoms with Gasteiger partial charge in [0.05, 0.1) is 39.9 Å². The number of carbonyl (C=O) groups is 1. The molecule has 3 N–H and O–H groups in total. The van der Waals surface area contributed by atoms with Crippen LogP contribution < -0.4 is 10.2 Å². The zero-order valence-electron chi connectivity index (χ0n) is 32.7. The van der Waals surface area contributed by atoms with Gasteiger partial charge in [-0.05, 0) is 64.2 Å². The number of hydrogen-bond donors (Lipinski definition) is 3. The first-order valence-corrected chi connectivity index (χ1v) is 21.4. The molecular formula is C40H77N2O7P. The number of nitrogens with zero attached hydrogens (tertiary/aromatic N) is 1. The van der Waals surface area contributed by atoms with Crippen LogP contribution in [0.2, 0.25) is 0 Å². The second-order valence-electron chi connectivity index (χ2n) is 14.8. The molecule has 0 heterocycles. The van der Waals surface area contributed by atoms with Crippen molar-refractivity contribution in [2.45, 2.75) is 173 Å². The minimum atomic E-state index is -4.67. The number of quaternary nitrogens is 1. The monoisotopic (exact) mass is 729 g/mol. The Hall–Kier alpha value is -1.32. The lowest BCUT2D eigenvalue weighted by Crippen LogP contribution is -2.51. The molecule has 9 nitrogen and oxygen atoms in total. The van der Waals surface area contributed by atoms with E-state index in [1.807, 2.05) is 21.1 Å². The number of unbranched alkanes of at least 4 members (excludes halogenated alkanes) is 15. The summed E-state index contributed by atoms with van der Waals surface area (Å²) in [6.45, 7) is 4.32. The average molecular weight is 729 g/mol. The Labute approximate surface area is 307 Å². The quantitative estimate of drug-likeness (QED) is 0.0258. The summed E-state index contributed by atoms with van der Waals surface area (Å²) in [7, 11) is 1.09. The molecule has 4 atom stereocenters. The Kier molecular flexibility index (Phi) is 31.5. The molecule has 0 spiro atoms. The third kappa shape index (κ3) is 32.6. The maximum atomic E-state index is 12.8. The maximum Gasteiger partial charge on any atom is 0.268 e. The summed E-state index contributed by atoms with van der Waals surface area (Å²) in [5.74, 6) is -0.306. The normalized spacial score (nSPS) is 15.6. The molecule has 0 saturated carbocycles. The summed E-state index contributed by atoms with van der Waals surface area (Å²) in [6, 6.07) is -1.09. The second kappa shape index (κ2) is 32.3. The van der Waals surface area contributed by atoms with Gasteiger partial charge < -0.3 is 34.0 Å². The predicted molar refractivity (Wildman–Crippen MR) is 207 cm³/mol. The zero-order chi connectivity index (χ0) is 37.4. The van der Waals surface area contributed by atoms with Gasteiger partial charge in [-0.15, -0.1) is 0 Å². The number of phosphoric ester groups is 1. The molecule has 294 valence electrons. The lowest BCUT2D eigenvalue weighted by molar-refractivity contribution is -0.870. The van der Waals surface area contributed by atoms with E-state index >= 15 is 0 Å².